The molecule has 0 spiro atoms. The van der Waals surface area contributed by atoms with Crippen LogP contribution in [0.1, 0.15) is 13.3 Å². The predicted octanol–water partition coefficient (Wildman–Crippen LogP) is 1.08. The number of hydrogen-bond donors (Lipinski definition) is 3. The number of para-hydroxylation sites is 1. The zero-order chi connectivity index (χ0) is 12.7. The Morgan fingerprint density at radius 2 is 1.94 bits per heavy atom. The molecule has 0 saturated carbocycles. The van der Waals surface area contributed by atoms with Crippen molar-refractivity contribution in [1.29, 1.82) is 0 Å². The van der Waals surface area contributed by atoms with Crippen molar-refractivity contribution in [1.82, 2.24) is 5.32 Å². The molecular weight excluding hydrogens is 220 g/mol. The molecule has 0 fully saturated rings. The van der Waals surface area contributed by atoms with Gasteiger partial charge in [0, 0.05) is 5.69 Å². The van der Waals surface area contributed by atoms with Gasteiger partial charge in [-0.15, -0.1) is 0 Å². The first kappa shape index (κ1) is 13.0. The highest BCUT2D eigenvalue weighted by molar-refractivity contribution is 5.86. The van der Waals surface area contributed by atoms with E-state index in [1.54, 1.807) is 6.92 Å². The third-order valence-corrected chi connectivity index (χ3v) is 2.27. The second-order valence-electron chi connectivity index (χ2n) is 3.59. The van der Waals surface area contributed by atoms with E-state index in [0.29, 0.717) is 6.42 Å². The number of nitrogens with one attached hydrogen (secondary N) is 2. The minimum atomic E-state index is -1.01. The molecule has 0 saturated heterocycles. The molecule has 5 nitrogen and oxygen atoms in total. The minimum Gasteiger partial charge on any atom is -0.480 e. The largest absolute Gasteiger partial charge is 0.480 e. The maximum atomic E-state index is 11.5. The summed E-state index contributed by atoms with van der Waals surface area (Å²) >= 11 is 0. The summed E-state index contributed by atoms with van der Waals surface area (Å²) in [5, 5.41) is 14.1. The normalized spacial score (nSPS) is 11.6. The van der Waals surface area contributed by atoms with Crippen LogP contribution in [0.5, 0.6) is 0 Å². The number of carboxylic acids is 1. The molecule has 0 heterocycles. The first-order valence-electron chi connectivity index (χ1n) is 5.44. The average molecular weight is 236 g/mol. The fourth-order valence-electron chi connectivity index (χ4n) is 1.32. The highest BCUT2D eigenvalue weighted by Crippen LogP contribution is 2.03. The maximum Gasteiger partial charge on any atom is 0.326 e. The van der Waals surface area contributed by atoms with Gasteiger partial charge in [0.25, 0.3) is 0 Å². The van der Waals surface area contributed by atoms with Crippen molar-refractivity contribution in [2.75, 3.05) is 11.9 Å². The molecule has 0 aliphatic rings. The second kappa shape index (κ2) is 6.52. The molecule has 1 aromatic carbocycles. The van der Waals surface area contributed by atoms with E-state index in [1.165, 1.54) is 0 Å². The standard InChI is InChI=1S/C12H16N2O3/c1-2-10(12(16)17)14-11(15)8-13-9-6-4-3-5-7-9/h3-7,10,13H,2,8H2,1H3,(H,14,15)(H,16,17). The van der Waals surface area contributed by atoms with Crippen LogP contribution in [0, 0.1) is 0 Å². The van der Waals surface area contributed by atoms with Crippen LogP contribution in [0.15, 0.2) is 30.3 Å². The molecule has 0 aliphatic carbocycles. The third-order valence-electron chi connectivity index (χ3n) is 2.27. The van der Waals surface area contributed by atoms with Crippen LogP contribution in [0.3, 0.4) is 0 Å². The van der Waals surface area contributed by atoms with Crippen molar-refractivity contribution in [3.8, 4) is 0 Å². The van der Waals surface area contributed by atoms with Gasteiger partial charge in [-0.2, -0.15) is 0 Å². The number of carbonyl (C=O) groups is 2. The van der Waals surface area contributed by atoms with E-state index in [-0.39, 0.29) is 12.5 Å². The van der Waals surface area contributed by atoms with Crippen molar-refractivity contribution >= 4 is 17.6 Å². The van der Waals surface area contributed by atoms with E-state index in [9.17, 15) is 9.59 Å². The van der Waals surface area contributed by atoms with Crippen LogP contribution >= 0.6 is 0 Å². The first-order chi connectivity index (χ1) is 8.13. The lowest BCUT2D eigenvalue weighted by atomic mass is 10.2. The fraction of sp³-hybridized carbons (Fsp3) is 0.333. The summed E-state index contributed by atoms with van der Waals surface area (Å²) in [6.07, 6.45) is 0.367. The number of carbonyl (C=O) groups excluding carboxylic acids is 1. The monoisotopic (exact) mass is 236 g/mol. The Balaban J connectivity index is 2.37. The van der Waals surface area contributed by atoms with E-state index in [0.717, 1.165) is 5.69 Å². The molecule has 0 aromatic heterocycles. The lowest BCUT2D eigenvalue weighted by Crippen LogP contribution is -2.42. The molecular formula is C12H16N2O3. The van der Waals surface area contributed by atoms with E-state index in [4.69, 9.17) is 5.11 Å². The molecule has 0 bridgehead atoms. The van der Waals surface area contributed by atoms with Crippen LogP contribution in [-0.2, 0) is 9.59 Å². The molecule has 1 rings (SSSR count). The predicted molar refractivity (Wildman–Crippen MR) is 64.8 cm³/mol. The summed E-state index contributed by atoms with van der Waals surface area (Å²) in [5.41, 5.74) is 0.825. The number of carboxylic acid groups (broad SMARTS) is 1. The van der Waals surface area contributed by atoms with Crippen LogP contribution in [0.25, 0.3) is 0 Å². The van der Waals surface area contributed by atoms with Crippen LogP contribution in [0.2, 0.25) is 0 Å². The lowest BCUT2D eigenvalue weighted by Gasteiger charge is -2.12. The van der Waals surface area contributed by atoms with Crippen molar-refractivity contribution in [2.45, 2.75) is 19.4 Å². The summed E-state index contributed by atoms with van der Waals surface area (Å²) in [7, 11) is 0. The Morgan fingerprint density at radius 1 is 1.29 bits per heavy atom. The van der Waals surface area contributed by atoms with Crippen molar-refractivity contribution in [3.05, 3.63) is 30.3 Å². The van der Waals surface area contributed by atoms with Gasteiger partial charge in [-0.25, -0.2) is 4.79 Å². The van der Waals surface area contributed by atoms with Gasteiger partial charge in [-0.1, -0.05) is 25.1 Å². The lowest BCUT2D eigenvalue weighted by molar-refractivity contribution is -0.141. The number of benzene rings is 1. The van der Waals surface area contributed by atoms with Gasteiger partial charge in [-0.05, 0) is 18.6 Å². The van der Waals surface area contributed by atoms with E-state index < -0.39 is 12.0 Å². The molecule has 5 heteroatoms. The van der Waals surface area contributed by atoms with Crippen molar-refractivity contribution in [2.24, 2.45) is 0 Å². The minimum absolute atomic E-state index is 0.0633. The molecule has 0 radical (unpaired) electrons. The summed E-state index contributed by atoms with van der Waals surface area (Å²) in [6, 6.07) is 8.44. The fourth-order valence-corrected chi connectivity index (χ4v) is 1.32. The van der Waals surface area contributed by atoms with Gasteiger partial charge in [0.1, 0.15) is 6.04 Å². The molecule has 1 amide bonds. The molecule has 92 valence electrons. The van der Waals surface area contributed by atoms with Crippen molar-refractivity contribution in [3.63, 3.8) is 0 Å². The maximum absolute atomic E-state index is 11.5. The Labute approximate surface area is 99.8 Å². The molecule has 1 unspecified atom stereocenters. The zero-order valence-electron chi connectivity index (χ0n) is 9.64. The Kier molecular flexibility index (Phi) is 5.00. The van der Waals surface area contributed by atoms with E-state index in [2.05, 4.69) is 10.6 Å². The number of anilines is 1. The van der Waals surface area contributed by atoms with Crippen LogP contribution in [-0.4, -0.2) is 29.6 Å². The number of aliphatic carboxylic acids is 1. The van der Waals surface area contributed by atoms with Gasteiger partial charge < -0.3 is 15.7 Å². The Hall–Kier alpha value is -2.04. The van der Waals surface area contributed by atoms with Gasteiger partial charge in [0.15, 0.2) is 0 Å². The molecule has 17 heavy (non-hydrogen) atoms. The summed E-state index contributed by atoms with van der Waals surface area (Å²) in [5.74, 6) is -1.34. The molecule has 3 N–H and O–H groups in total. The average Bonchev–Trinajstić information content (AvgIpc) is 2.34. The van der Waals surface area contributed by atoms with Crippen LogP contribution < -0.4 is 10.6 Å². The number of hydrogen-bond acceptors (Lipinski definition) is 3. The number of amides is 1. The second-order valence-corrected chi connectivity index (χ2v) is 3.59. The van der Waals surface area contributed by atoms with Gasteiger partial charge in [0.05, 0.1) is 6.54 Å². The number of rotatable bonds is 6. The quantitative estimate of drug-likeness (QED) is 0.690. The topological polar surface area (TPSA) is 78.4 Å². The Morgan fingerprint density at radius 3 is 2.47 bits per heavy atom. The molecule has 1 aromatic rings. The van der Waals surface area contributed by atoms with Gasteiger partial charge in [0.2, 0.25) is 5.91 Å². The zero-order valence-corrected chi connectivity index (χ0v) is 9.64. The van der Waals surface area contributed by atoms with Crippen LogP contribution in [0.4, 0.5) is 5.69 Å². The smallest absolute Gasteiger partial charge is 0.326 e. The van der Waals surface area contributed by atoms with Gasteiger partial charge >= 0.3 is 5.97 Å². The summed E-state index contributed by atoms with van der Waals surface area (Å²) in [4.78, 5) is 22.2. The van der Waals surface area contributed by atoms with Gasteiger partial charge in [-0.3, -0.25) is 4.79 Å². The SMILES string of the molecule is CCC(NC(=O)CNc1ccccc1)C(=O)O. The highest BCUT2D eigenvalue weighted by atomic mass is 16.4. The summed E-state index contributed by atoms with van der Waals surface area (Å²) in [6.45, 7) is 1.78. The van der Waals surface area contributed by atoms with E-state index >= 15 is 0 Å². The molecule has 0 aliphatic heterocycles. The van der Waals surface area contributed by atoms with Crippen molar-refractivity contribution < 1.29 is 14.7 Å². The Bertz CT molecular complexity index is 379. The first-order valence-corrected chi connectivity index (χ1v) is 5.44. The van der Waals surface area contributed by atoms with E-state index in [1.807, 2.05) is 30.3 Å². The summed E-state index contributed by atoms with van der Waals surface area (Å²) < 4.78 is 0. The third kappa shape index (κ3) is 4.55. The molecule has 1 atom stereocenters. The highest BCUT2D eigenvalue weighted by Gasteiger charge is 2.16.